The lowest BCUT2D eigenvalue weighted by atomic mass is 10.3. The van der Waals surface area contributed by atoms with Gasteiger partial charge in [-0.25, -0.2) is 4.79 Å². The number of amides is 2. The van der Waals surface area contributed by atoms with E-state index in [9.17, 15) is 4.79 Å². The summed E-state index contributed by atoms with van der Waals surface area (Å²) in [7, 11) is 3.32. The minimum absolute atomic E-state index is 0.150. The standard InChI is InChI=1S/C12H19N3O2/c1-4-11(17-3)14-12(16)15(2)9-10-6-5-7-13-8-10/h5-8,11H,4,9H2,1-3H3,(H,14,16). The van der Waals surface area contributed by atoms with Gasteiger partial charge >= 0.3 is 6.03 Å². The van der Waals surface area contributed by atoms with Gasteiger partial charge in [-0.1, -0.05) is 13.0 Å². The van der Waals surface area contributed by atoms with Crippen LogP contribution in [-0.2, 0) is 11.3 Å². The van der Waals surface area contributed by atoms with Gasteiger partial charge in [-0.15, -0.1) is 0 Å². The van der Waals surface area contributed by atoms with E-state index in [0.717, 1.165) is 12.0 Å². The van der Waals surface area contributed by atoms with Gasteiger partial charge < -0.3 is 15.0 Å². The first-order chi connectivity index (χ1) is 8.17. The lowest BCUT2D eigenvalue weighted by Gasteiger charge is -2.21. The normalized spacial score (nSPS) is 11.9. The maximum atomic E-state index is 11.8. The van der Waals surface area contributed by atoms with Crippen LogP contribution in [0.1, 0.15) is 18.9 Å². The molecular formula is C12H19N3O2. The number of hydrogen-bond acceptors (Lipinski definition) is 3. The van der Waals surface area contributed by atoms with Crippen LogP contribution in [0.5, 0.6) is 0 Å². The number of nitrogens with zero attached hydrogens (tertiary/aromatic N) is 2. The first-order valence-corrected chi connectivity index (χ1v) is 5.60. The number of nitrogens with one attached hydrogen (secondary N) is 1. The summed E-state index contributed by atoms with van der Waals surface area (Å²) in [5, 5.41) is 2.78. The van der Waals surface area contributed by atoms with Crippen molar-refractivity contribution in [2.24, 2.45) is 0 Å². The molecule has 0 aliphatic carbocycles. The third-order valence-corrected chi connectivity index (χ3v) is 2.43. The lowest BCUT2D eigenvalue weighted by Crippen LogP contribution is -2.43. The number of hydrogen-bond donors (Lipinski definition) is 1. The molecule has 0 bridgehead atoms. The van der Waals surface area contributed by atoms with Crippen LogP contribution in [-0.4, -0.2) is 36.3 Å². The molecule has 2 amide bonds. The average Bonchev–Trinajstić information content (AvgIpc) is 2.36. The van der Waals surface area contributed by atoms with Crippen molar-refractivity contribution in [3.05, 3.63) is 30.1 Å². The number of pyridine rings is 1. The van der Waals surface area contributed by atoms with Crippen molar-refractivity contribution in [2.75, 3.05) is 14.2 Å². The van der Waals surface area contributed by atoms with Crippen LogP contribution >= 0.6 is 0 Å². The number of ether oxygens (including phenoxy) is 1. The zero-order valence-corrected chi connectivity index (χ0v) is 10.5. The van der Waals surface area contributed by atoms with E-state index < -0.39 is 0 Å². The summed E-state index contributed by atoms with van der Waals surface area (Å²) in [4.78, 5) is 17.4. The highest BCUT2D eigenvalue weighted by Crippen LogP contribution is 2.01. The first kappa shape index (κ1) is 13.4. The molecule has 5 heteroatoms. The maximum absolute atomic E-state index is 11.8. The molecule has 5 nitrogen and oxygen atoms in total. The van der Waals surface area contributed by atoms with Crippen molar-refractivity contribution < 1.29 is 9.53 Å². The molecule has 1 unspecified atom stereocenters. The van der Waals surface area contributed by atoms with Crippen molar-refractivity contribution in [2.45, 2.75) is 26.1 Å². The molecule has 1 N–H and O–H groups in total. The zero-order valence-electron chi connectivity index (χ0n) is 10.5. The van der Waals surface area contributed by atoms with E-state index in [0.29, 0.717) is 6.54 Å². The van der Waals surface area contributed by atoms with E-state index in [4.69, 9.17) is 4.74 Å². The van der Waals surface area contributed by atoms with E-state index in [1.165, 1.54) is 0 Å². The molecule has 0 spiro atoms. The van der Waals surface area contributed by atoms with E-state index in [1.54, 1.807) is 31.5 Å². The van der Waals surface area contributed by atoms with Crippen molar-refractivity contribution in [3.63, 3.8) is 0 Å². The quantitative estimate of drug-likeness (QED) is 0.791. The lowest BCUT2D eigenvalue weighted by molar-refractivity contribution is 0.0727. The molecule has 0 aliphatic rings. The summed E-state index contributed by atoms with van der Waals surface area (Å²) in [6.07, 6.45) is 3.96. The monoisotopic (exact) mass is 237 g/mol. The predicted molar refractivity (Wildman–Crippen MR) is 65.3 cm³/mol. The van der Waals surface area contributed by atoms with Crippen LogP contribution in [0.4, 0.5) is 4.79 Å². The van der Waals surface area contributed by atoms with Crippen molar-refractivity contribution in [3.8, 4) is 0 Å². The molecule has 1 atom stereocenters. The van der Waals surface area contributed by atoms with Crippen LogP contribution < -0.4 is 5.32 Å². The molecule has 0 aliphatic heterocycles. The number of carbonyl (C=O) groups excluding carboxylic acids is 1. The third kappa shape index (κ3) is 4.40. The highest BCUT2D eigenvalue weighted by Gasteiger charge is 2.13. The van der Waals surface area contributed by atoms with Gasteiger partial charge in [0.1, 0.15) is 6.23 Å². The molecule has 0 saturated carbocycles. The van der Waals surface area contributed by atoms with E-state index in [1.807, 2.05) is 19.1 Å². The van der Waals surface area contributed by atoms with Crippen molar-refractivity contribution in [1.82, 2.24) is 15.2 Å². The second kappa shape index (κ2) is 6.85. The highest BCUT2D eigenvalue weighted by atomic mass is 16.5. The topological polar surface area (TPSA) is 54.5 Å². The summed E-state index contributed by atoms with van der Waals surface area (Å²) in [5.74, 6) is 0. The van der Waals surface area contributed by atoms with E-state index in [2.05, 4.69) is 10.3 Å². The Morgan fingerprint density at radius 2 is 2.41 bits per heavy atom. The average molecular weight is 237 g/mol. The molecule has 1 heterocycles. The Bertz CT molecular complexity index is 339. The second-order valence-corrected chi connectivity index (χ2v) is 3.80. The van der Waals surface area contributed by atoms with Gasteiger partial charge in [0.15, 0.2) is 0 Å². The molecule has 0 fully saturated rings. The SMILES string of the molecule is CCC(NC(=O)N(C)Cc1cccnc1)OC. The Balaban J connectivity index is 2.47. The fraction of sp³-hybridized carbons (Fsp3) is 0.500. The molecule has 0 saturated heterocycles. The van der Waals surface area contributed by atoms with Crippen LogP contribution in [0.25, 0.3) is 0 Å². The molecule has 0 aromatic carbocycles. The smallest absolute Gasteiger partial charge is 0.319 e. The van der Waals surface area contributed by atoms with Gasteiger partial charge in [-0.05, 0) is 18.1 Å². The molecule has 1 aromatic heterocycles. The Morgan fingerprint density at radius 1 is 1.65 bits per heavy atom. The van der Waals surface area contributed by atoms with Gasteiger partial charge in [0.25, 0.3) is 0 Å². The molecule has 1 rings (SSSR count). The van der Waals surface area contributed by atoms with Crippen LogP contribution in [0.15, 0.2) is 24.5 Å². The molecule has 0 radical (unpaired) electrons. The Morgan fingerprint density at radius 3 is 2.94 bits per heavy atom. The second-order valence-electron chi connectivity index (χ2n) is 3.80. The number of urea groups is 1. The van der Waals surface area contributed by atoms with Crippen molar-refractivity contribution in [1.29, 1.82) is 0 Å². The summed E-state index contributed by atoms with van der Waals surface area (Å²) < 4.78 is 5.10. The van der Waals surface area contributed by atoms with Crippen LogP contribution in [0, 0.1) is 0 Å². The van der Waals surface area contributed by atoms with Gasteiger partial charge in [-0.2, -0.15) is 0 Å². The molecule has 1 aromatic rings. The molecule has 94 valence electrons. The van der Waals surface area contributed by atoms with E-state index in [-0.39, 0.29) is 12.3 Å². The van der Waals surface area contributed by atoms with Crippen molar-refractivity contribution >= 4 is 6.03 Å². The Kier molecular flexibility index (Phi) is 5.42. The maximum Gasteiger partial charge on any atom is 0.319 e. The van der Waals surface area contributed by atoms with Crippen LogP contribution in [0.3, 0.4) is 0 Å². The minimum Gasteiger partial charge on any atom is -0.362 e. The summed E-state index contributed by atoms with van der Waals surface area (Å²) in [6, 6.07) is 3.64. The Hall–Kier alpha value is -1.62. The van der Waals surface area contributed by atoms with Gasteiger partial charge in [-0.3, -0.25) is 4.98 Å². The largest absolute Gasteiger partial charge is 0.362 e. The minimum atomic E-state index is -0.237. The fourth-order valence-corrected chi connectivity index (χ4v) is 1.41. The fourth-order valence-electron chi connectivity index (χ4n) is 1.41. The number of methoxy groups -OCH3 is 1. The summed E-state index contributed by atoms with van der Waals surface area (Å²) >= 11 is 0. The summed E-state index contributed by atoms with van der Waals surface area (Å²) in [6.45, 7) is 2.48. The first-order valence-electron chi connectivity index (χ1n) is 5.60. The third-order valence-electron chi connectivity index (χ3n) is 2.43. The van der Waals surface area contributed by atoms with Gasteiger partial charge in [0.05, 0.1) is 0 Å². The van der Waals surface area contributed by atoms with E-state index >= 15 is 0 Å². The van der Waals surface area contributed by atoms with Crippen LogP contribution in [0.2, 0.25) is 0 Å². The number of rotatable bonds is 5. The summed E-state index contributed by atoms with van der Waals surface area (Å²) in [5.41, 5.74) is 0.996. The number of aromatic nitrogens is 1. The van der Waals surface area contributed by atoms with Gasteiger partial charge in [0.2, 0.25) is 0 Å². The highest BCUT2D eigenvalue weighted by molar-refractivity contribution is 5.74. The Labute approximate surface area is 102 Å². The predicted octanol–water partition coefficient (Wildman–Crippen LogP) is 1.61. The zero-order chi connectivity index (χ0) is 12.7. The molecule has 17 heavy (non-hydrogen) atoms. The van der Waals surface area contributed by atoms with Gasteiger partial charge in [0, 0.05) is 33.1 Å². The molecular weight excluding hydrogens is 218 g/mol. The number of carbonyl (C=O) groups is 1.